The van der Waals surface area contributed by atoms with Gasteiger partial charge in [-0.2, -0.15) is 0 Å². The number of carbonyl (C=O) groups is 2. The van der Waals surface area contributed by atoms with Gasteiger partial charge in [0.25, 0.3) is 0 Å². The molecular formula is C12H16ClNO4. The highest BCUT2D eigenvalue weighted by molar-refractivity contribution is 5.95. The topological polar surface area (TPSA) is 78.6 Å². The van der Waals surface area contributed by atoms with Crippen LogP contribution in [0.3, 0.4) is 0 Å². The highest BCUT2D eigenvalue weighted by Gasteiger charge is 2.27. The first-order chi connectivity index (χ1) is 8.19. The molecule has 18 heavy (non-hydrogen) atoms. The zero-order chi connectivity index (χ0) is 12.7. The van der Waals surface area contributed by atoms with Crippen molar-refractivity contribution in [2.24, 2.45) is 11.7 Å². The highest BCUT2D eigenvalue weighted by atomic mass is 35.5. The second-order valence-corrected chi connectivity index (χ2v) is 3.40. The average Bonchev–Trinajstić information content (AvgIpc) is 2.38. The van der Waals surface area contributed by atoms with Crippen LogP contribution in [0.5, 0.6) is 0 Å². The lowest BCUT2D eigenvalue weighted by molar-refractivity contribution is -0.160. The van der Waals surface area contributed by atoms with Gasteiger partial charge in [0, 0.05) is 6.54 Å². The quantitative estimate of drug-likeness (QED) is 0.637. The van der Waals surface area contributed by atoms with Gasteiger partial charge in [-0.05, 0) is 5.56 Å². The molecule has 100 valence electrons. The summed E-state index contributed by atoms with van der Waals surface area (Å²) in [6.45, 7) is -0.00648. The van der Waals surface area contributed by atoms with Gasteiger partial charge in [-0.25, -0.2) is 0 Å². The largest absolute Gasteiger partial charge is 0.468 e. The van der Waals surface area contributed by atoms with Crippen molar-refractivity contribution in [1.29, 1.82) is 0 Å². The first kappa shape index (κ1) is 16.4. The van der Waals surface area contributed by atoms with E-state index in [1.165, 1.54) is 7.11 Å². The van der Waals surface area contributed by atoms with Crippen LogP contribution in [0.15, 0.2) is 30.3 Å². The number of carbonyl (C=O) groups excluding carboxylic acids is 2. The molecule has 1 rings (SSSR count). The number of rotatable bonds is 5. The molecule has 2 N–H and O–H groups in total. The van der Waals surface area contributed by atoms with Gasteiger partial charge in [0.05, 0.1) is 7.11 Å². The van der Waals surface area contributed by atoms with E-state index in [0.29, 0.717) is 0 Å². The second kappa shape index (κ2) is 8.49. The Kier molecular flexibility index (Phi) is 7.74. The minimum Gasteiger partial charge on any atom is -0.468 e. The number of ether oxygens (including phenoxy) is 2. The van der Waals surface area contributed by atoms with E-state index >= 15 is 0 Å². The molecule has 6 heteroatoms. The number of nitrogens with two attached hydrogens (primary N) is 1. The molecule has 0 aliphatic heterocycles. The molecule has 0 amide bonds. The van der Waals surface area contributed by atoms with Crippen molar-refractivity contribution < 1.29 is 19.1 Å². The van der Waals surface area contributed by atoms with Crippen molar-refractivity contribution in [2.45, 2.75) is 6.61 Å². The molecule has 5 nitrogen and oxygen atoms in total. The lowest BCUT2D eigenvalue weighted by atomic mass is 10.1. The van der Waals surface area contributed by atoms with E-state index < -0.39 is 17.9 Å². The Morgan fingerprint density at radius 2 is 1.83 bits per heavy atom. The molecule has 0 aliphatic rings. The Hall–Kier alpha value is -1.59. The van der Waals surface area contributed by atoms with Gasteiger partial charge in [0.1, 0.15) is 6.61 Å². The molecule has 1 aromatic rings. The Labute approximate surface area is 112 Å². The molecule has 0 heterocycles. The van der Waals surface area contributed by atoms with Gasteiger partial charge < -0.3 is 15.2 Å². The van der Waals surface area contributed by atoms with E-state index in [-0.39, 0.29) is 25.6 Å². The summed E-state index contributed by atoms with van der Waals surface area (Å²) in [5.41, 5.74) is 6.17. The Bertz CT molecular complexity index is 383. The number of methoxy groups -OCH3 is 1. The summed E-state index contributed by atoms with van der Waals surface area (Å²) in [6, 6.07) is 9.18. The predicted molar refractivity (Wildman–Crippen MR) is 68.0 cm³/mol. The molecule has 1 atom stereocenters. The van der Waals surface area contributed by atoms with Gasteiger partial charge in [-0.1, -0.05) is 30.3 Å². The molecule has 0 spiro atoms. The van der Waals surface area contributed by atoms with E-state index in [4.69, 9.17) is 10.5 Å². The average molecular weight is 274 g/mol. The summed E-state index contributed by atoms with van der Waals surface area (Å²) in [4.78, 5) is 22.7. The summed E-state index contributed by atoms with van der Waals surface area (Å²) in [7, 11) is 1.20. The van der Waals surface area contributed by atoms with Crippen LogP contribution < -0.4 is 5.73 Å². The maximum Gasteiger partial charge on any atom is 0.321 e. The molecule has 0 aliphatic carbocycles. The van der Waals surface area contributed by atoms with Crippen LogP contribution in [0.2, 0.25) is 0 Å². The molecule has 0 bridgehead atoms. The highest BCUT2D eigenvalue weighted by Crippen LogP contribution is 2.05. The smallest absolute Gasteiger partial charge is 0.321 e. The van der Waals surface area contributed by atoms with Crippen LogP contribution in [0, 0.1) is 5.92 Å². The van der Waals surface area contributed by atoms with Crippen LogP contribution in [-0.2, 0) is 25.7 Å². The summed E-state index contributed by atoms with van der Waals surface area (Å²) in [6.07, 6.45) is 0. The summed E-state index contributed by atoms with van der Waals surface area (Å²) < 4.78 is 9.44. The van der Waals surface area contributed by atoms with Crippen molar-refractivity contribution in [3.05, 3.63) is 35.9 Å². The van der Waals surface area contributed by atoms with E-state index in [1.54, 1.807) is 0 Å². The van der Waals surface area contributed by atoms with Crippen molar-refractivity contribution >= 4 is 24.3 Å². The lowest BCUT2D eigenvalue weighted by Crippen LogP contribution is -2.33. The molecule has 1 aromatic carbocycles. The summed E-state index contributed by atoms with van der Waals surface area (Å²) >= 11 is 0. The van der Waals surface area contributed by atoms with Gasteiger partial charge >= 0.3 is 11.9 Å². The molecular weight excluding hydrogens is 258 g/mol. The minimum absolute atomic E-state index is 0. The Balaban J connectivity index is 0.00000289. The molecule has 0 saturated carbocycles. The third kappa shape index (κ3) is 4.73. The van der Waals surface area contributed by atoms with E-state index in [0.717, 1.165) is 5.56 Å². The number of hydrogen-bond donors (Lipinski definition) is 1. The second-order valence-electron chi connectivity index (χ2n) is 3.40. The van der Waals surface area contributed by atoms with Crippen LogP contribution in [0.1, 0.15) is 5.56 Å². The summed E-state index contributed by atoms with van der Waals surface area (Å²) in [5, 5.41) is 0. The van der Waals surface area contributed by atoms with Gasteiger partial charge in [-0.15, -0.1) is 12.4 Å². The molecule has 0 saturated heterocycles. The molecule has 0 fully saturated rings. The standard InChI is InChI=1S/C12H15NO4.ClH/c1-16-11(14)10(7-13)12(15)17-8-9-5-3-2-4-6-9;/h2-6,10H,7-8,13H2,1H3;1H/t10-;/m1./s1. The molecule has 0 aromatic heterocycles. The Morgan fingerprint density at radius 1 is 1.22 bits per heavy atom. The van der Waals surface area contributed by atoms with Crippen molar-refractivity contribution in [3.8, 4) is 0 Å². The first-order valence-electron chi connectivity index (χ1n) is 5.17. The lowest BCUT2D eigenvalue weighted by Gasteiger charge is -2.11. The maximum absolute atomic E-state index is 11.5. The zero-order valence-corrected chi connectivity index (χ0v) is 10.8. The predicted octanol–water partition coefficient (Wildman–Crippen LogP) is 0.899. The monoisotopic (exact) mass is 273 g/mol. The van der Waals surface area contributed by atoms with Gasteiger partial charge in [-0.3, -0.25) is 9.59 Å². The first-order valence-corrected chi connectivity index (χ1v) is 5.17. The summed E-state index contributed by atoms with van der Waals surface area (Å²) in [5.74, 6) is -2.39. The number of hydrogen-bond acceptors (Lipinski definition) is 5. The van der Waals surface area contributed by atoms with Crippen molar-refractivity contribution in [3.63, 3.8) is 0 Å². The number of esters is 2. The fraction of sp³-hybridized carbons (Fsp3) is 0.333. The third-order valence-electron chi connectivity index (χ3n) is 2.23. The van der Waals surface area contributed by atoms with Crippen LogP contribution in [0.4, 0.5) is 0 Å². The van der Waals surface area contributed by atoms with E-state index in [2.05, 4.69) is 4.74 Å². The number of benzene rings is 1. The molecule has 0 radical (unpaired) electrons. The van der Waals surface area contributed by atoms with Crippen molar-refractivity contribution in [2.75, 3.05) is 13.7 Å². The van der Waals surface area contributed by atoms with Crippen LogP contribution >= 0.6 is 12.4 Å². The third-order valence-corrected chi connectivity index (χ3v) is 2.23. The van der Waals surface area contributed by atoms with E-state index in [9.17, 15) is 9.59 Å². The van der Waals surface area contributed by atoms with Gasteiger partial charge in [0.15, 0.2) is 5.92 Å². The van der Waals surface area contributed by atoms with E-state index in [1.807, 2.05) is 30.3 Å². The maximum atomic E-state index is 11.5. The van der Waals surface area contributed by atoms with Crippen LogP contribution in [0.25, 0.3) is 0 Å². The van der Waals surface area contributed by atoms with Crippen LogP contribution in [-0.4, -0.2) is 25.6 Å². The molecule has 0 unspecified atom stereocenters. The SMILES string of the molecule is COC(=O)[C@@H](CN)C(=O)OCc1ccccc1.Cl. The zero-order valence-electron chi connectivity index (χ0n) is 10.00. The number of halogens is 1. The Morgan fingerprint density at radius 3 is 2.33 bits per heavy atom. The van der Waals surface area contributed by atoms with Gasteiger partial charge in [0.2, 0.25) is 0 Å². The van der Waals surface area contributed by atoms with Crippen molar-refractivity contribution in [1.82, 2.24) is 0 Å². The fourth-order valence-electron chi connectivity index (χ4n) is 1.26. The normalized spacial score (nSPS) is 11.0. The minimum atomic E-state index is -1.05. The fourth-order valence-corrected chi connectivity index (χ4v) is 1.26.